The predicted octanol–water partition coefficient (Wildman–Crippen LogP) is 4.31. The van der Waals surface area contributed by atoms with Gasteiger partial charge in [-0.25, -0.2) is 0 Å². The number of ether oxygens (including phenoxy) is 3. The quantitative estimate of drug-likeness (QED) is 0.373. The second-order valence-electron chi connectivity index (χ2n) is 8.73. The standard InChI is InChI=1S/C27H31NO6/c1-5-33-21-11-10-18(14-22(21)32-4)24-23(25(29)19-9-8-16(2)17(3)13-19)26(30)27(31)28(24)15-20-7-6-12-34-20/h8-11,13-14,20,24,29H,5-7,12,15H2,1-4H3/b25-23-. The first kappa shape index (κ1) is 23.8. The summed E-state index contributed by atoms with van der Waals surface area (Å²) in [6, 6.07) is 10.0. The molecular weight excluding hydrogens is 434 g/mol. The number of benzene rings is 2. The maximum Gasteiger partial charge on any atom is 0.295 e. The molecule has 2 saturated heterocycles. The van der Waals surface area contributed by atoms with Crippen LogP contribution < -0.4 is 9.47 Å². The topological polar surface area (TPSA) is 85.3 Å². The molecule has 4 rings (SSSR count). The maximum absolute atomic E-state index is 13.3. The average Bonchev–Trinajstić information content (AvgIpc) is 3.43. The molecule has 2 atom stereocenters. The van der Waals surface area contributed by atoms with Gasteiger partial charge in [0.2, 0.25) is 0 Å². The maximum atomic E-state index is 13.3. The first-order chi connectivity index (χ1) is 16.3. The Labute approximate surface area is 199 Å². The fourth-order valence-electron chi connectivity index (χ4n) is 4.60. The summed E-state index contributed by atoms with van der Waals surface area (Å²) in [6.07, 6.45) is 1.59. The zero-order valence-electron chi connectivity index (χ0n) is 20.1. The fraction of sp³-hybridized carbons (Fsp3) is 0.407. The van der Waals surface area contributed by atoms with E-state index in [4.69, 9.17) is 14.2 Å². The van der Waals surface area contributed by atoms with E-state index in [1.807, 2.05) is 32.9 Å². The lowest BCUT2D eigenvalue weighted by Crippen LogP contribution is -2.36. The second-order valence-corrected chi connectivity index (χ2v) is 8.73. The number of Topliss-reactive ketones (excluding diaryl/α,β-unsaturated/α-hetero) is 1. The number of aliphatic hydroxyl groups is 1. The van der Waals surface area contributed by atoms with Crippen molar-refractivity contribution in [2.24, 2.45) is 0 Å². The molecule has 2 fully saturated rings. The van der Waals surface area contributed by atoms with Crippen molar-refractivity contribution < 1.29 is 28.9 Å². The Morgan fingerprint density at radius 3 is 2.56 bits per heavy atom. The van der Waals surface area contributed by atoms with Crippen LogP contribution in [0.5, 0.6) is 11.5 Å². The zero-order chi connectivity index (χ0) is 24.4. The van der Waals surface area contributed by atoms with Crippen LogP contribution in [0.1, 0.15) is 48.1 Å². The third-order valence-electron chi connectivity index (χ3n) is 6.55. The molecule has 7 heteroatoms. The van der Waals surface area contributed by atoms with Crippen molar-refractivity contribution in [3.63, 3.8) is 0 Å². The highest BCUT2D eigenvalue weighted by atomic mass is 16.5. The molecule has 2 aliphatic heterocycles. The molecule has 0 bridgehead atoms. The van der Waals surface area contributed by atoms with Gasteiger partial charge in [-0.1, -0.05) is 18.2 Å². The van der Waals surface area contributed by atoms with Gasteiger partial charge in [0.25, 0.3) is 11.7 Å². The molecule has 1 N–H and O–H groups in total. The minimum absolute atomic E-state index is 0.0671. The van der Waals surface area contributed by atoms with Gasteiger partial charge in [-0.05, 0) is 68.5 Å². The Morgan fingerprint density at radius 2 is 1.91 bits per heavy atom. The third kappa shape index (κ3) is 4.40. The lowest BCUT2D eigenvalue weighted by Gasteiger charge is -2.28. The Kier molecular flexibility index (Phi) is 6.93. The van der Waals surface area contributed by atoms with Crippen molar-refractivity contribution in [3.05, 3.63) is 64.2 Å². The summed E-state index contributed by atoms with van der Waals surface area (Å²) in [5, 5.41) is 11.3. The van der Waals surface area contributed by atoms with Crippen LogP contribution in [0.15, 0.2) is 42.0 Å². The van der Waals surface area contributed by atoms with Crippen molar-refractivity contribution in [3.8, 4) is 11.5 Å². The Balaban J connectivity index is 1.85. The van der Waals surface area contributed by atoms with Crippen LogP contribution in [0.2, 0.25) is 0 Å². The van der Waals surface area contributed by atoms with Gasteiger partial charge in [-0.15, -0.1) is 0 Å². The van der Waals surface area contributed by atoms with Crippen LogP contribution in [0, 0.1) is 13.8 Å². The molecule has 2 heterocycles. The fourth-order valence-corrected chi connectivity index (χ4v) is 4.60. The molecule has 0 saturated carbocycles. The Hall–Kier alpha value is -3.32. The van der Waals surface area contributed by atoms with Crippen molar-refractivity contribution in [2.75, 3.05) is 26.9 Å². The lowest BCUT2D eigenvalue weighted by molar-refractivity contribution is -0.140. The third-order valence-corrected chi connectivity index (χ3v) is 6.55. The number of carbonyl (C=O) groups excluding carboxylic acids is 2. The van der Waals surface area contributed by atoms with E-state index in [0.29, 0.717) is 35.8 Å². The number of hydrogen-bond acceptors (Lipinski definition) is 6. The van der Waals surface area contributed by atoms with E-state index in [9.17, 15) is 14.7 Å². The molecule has 34 heavy (non-hydrogen) atoms. The summed E-state index contributed by atoms with van der Waals surface area (Å²) in [6.45, 7) is 7.18. The Bertz CT molecular complexity index is 1130. The second kappa shape index (κ2) is 9.89. The van der Waals surface area contributed by atoms with Crippen molar-refractivity contribution in [1.29, 1.82) is 0 Å². The highest BCUT2D eigenvalue weighted by Gasteiger charge is 2.47. The van der Waals surface area contributed by atoms with Crippen LogP contribution in [-0.2, 0) is 14.3 Å². The summed E-state index contributed by atoms with van der Waals surface area (Å²) in [7, 11) is 1.54. The van der Waals surface area contributed by atoms with Gasteiger partial charge in [0.1, 0.15) is 5.76 Å². The molecular formula is C27H31NO6. The van der Waals surface area contributed by atoms with Gasteiger partial charge >= 0.3 is 0 Å². The average molecular weight is 466 g/mol. The van der Waals surface area contributed by atoms with Crippen LogP contribution >= 0.6 is 0 Å². The summed E-state index contributed by atoms with van der Waals surface area (Å²) in [5.41, 5.74) is 3.28. The number of likely N-dealkylation sites (tertiary alicyclic amines) is 1. The number of rotatable bonds is 7. The summed E-state index contributed by atoms with van der Waals surface area (Å²) in [4.78, 5) is 28.0. The normalized spacial score (nSPS) is 21.8. The minimum Gasteiger partial charge on any atom is -0.507 e. The van der Waals surface area contributed by atoms with E-state index in [1.165, 1.54) is 4.90 Å². The number of amides is 1. The molecule has 2 aromatic rings. The highest BCUT2D eigenvalue weighted by Crippen LogP contribution is 2.42. The smallest absolute Gasteiger partial charge is 0.295 e. The van der Waals surface area contributed by atoms with E-state index in [-0.39, 0.29) is 24.0 Å². The van der Waals surface area contributed by atoms with Crippen LogP contribution in [0.3, 0.4) is 0 Å². The van der Waals surface area contributed by atoms with Crippen LogP contribution in [0.4, 0.5) is 0 Å². The summed E-state index contributed by atoms with van der Waals surface area (Å²) >= 11 is 0. The number of hydrogen-bond donors (Lipinski definition) is 1. The molecule has 0 aromatic heterocycles. The van der Waals surface area contributed by atoms with E-state index >= 15 is 0 Å². The molecule has 1 amide bonds. The van der Waals surface area contributed by atoms with Crippen molar-refractivity contribution in [1.82, 2.24) is 4.90 Å². The van der Waals surface area contributed by atoms with E-state index in [0.717, 1.165) is 24.0 Å². The van der Waals surface area contributed by atoms with Crippen molar-refractivity contribution in [2.45, 2.75) is 45.8 Å². The van der Waals surface area contributed by atoms with E-state index in [1.54, 1.807) is 31.4 Å². The first-order valence-corrected chi connectivity index (χ1v) is 11.6. The zero-order valence-corrected chi connectivity index (χ0v) is 20.1. The lowest BCUT2D eigenvalue weighted by atomic mass is 9.94. The summed E-state index contributed by atoms with van der Waals surface area (Å²) < 4.78 is 16.9. The van der Waals surface area contributed by atoms with Gasteiger partial charge < -0.3 is 24.2 Å². The monoisotopic (exact) mass is 465 g/mol. The molecule has 2 aliphatic rings. The SMILES string of the molecule is CCOc1ccc(C2/C(=C(/O)c3ccc(C)c(C)c3)C(=O)C(=O)N2CC2CCCO2)cc1OC. The van der Waals surface area contributed by atoms with Gasteiger partial charge in [0.15, 0.2) is 11.5 Å². The Morgan fingerprint density at radius 1 is 1.12 bits per heavy atom. The van der Waals surface area contributed by atoms with Gasteiger partial charge in [0.05, 0.1) is 31.4 Å². The molecule has 2 unspecified atom stereocenters. The number of ketones is 1. The highest BCUT2D eigenvalue weighted by molar-refractivity contribution is 6.46. The van der Waals surface area contributed by atoms with Crippen LogP contribution in [0.25, 0.3) is 5.76 Å². The van der Waals surface area contributed by atoms with E-state index in [2.05, 4.69) is 0 Å². The van der Waals surface area contributed by atoms with Gasteiger partial charge in [-0.3, -0.25) is 9.59 Å². The molecule has 2 aromatic carbocycles. The number of aliphatic hydroxyl groups excluding tert-OH is 1. The summed E-state index contributed by atoms with van der Waals surface area (Å²) in [5.74, 6) is -0.466. The van der Waals surface area contributed by atoms with Crippen molar-refractivity contribution >= 4 is 17.4 Å². The number of methoxy groups -OCH3 is 1. The van der Waals surface area contributed by atoms with Gasteiger partial charge in [0, 0.05) is 18.7 Å². The molecule has 7 nitrogen and oxygen atoms in total. The molecule has 0 spiro atoms. The molecule has 180 valence electrons. The van der Waals surface area contributed by atoms with Gasteiger partial charge in [-0.2, -0.15) is 0 Å². The largest absolute Gasteiger partial charge is 0.507 e. The first-order valence-electron chi connectivity index (χ1n) is 11.6. The van der Waals surface area contributed by atoms with Crippen LogP contribution in [-0.4, -0.2) is 54.7 Å². The number of carbonyl (C=O) groups is 2. The predicted molar refractivity (Wildman–Crippen MR) is 128 cm³/mol. The molecule has 0 radical (unpaired) electrons. The van der Waals surface area contributed by atoms with E-state index < -0.39 is 17.7 Å². The number of aryl methyl sites for hydroxylation is 2. The minimum atomic E-state index is -0.768. The number of nitrogens with zero attached hydrogens (tertiary/aromatic N) is 1. The molecule has 0 aliphatic carbocycles.